The molecule has 9 heteroatoms. The molecule has 2 aliphatic heterocycles. The molecule has 0 radical (unpaired) electrons. The molecule has 2 amide bonds. The molecule has 3 aromatic heterocycles. The molecule has 0 spiro atoms. The maximum absolute atomic E-state index is 13.1. The van der Waals surface area contributed by atoms with Crippen LogP contribution in [-0.2, 0) is 11.2 Å². The summed E-state index contributed by atoms with van der Waals surface area (Å²) in [6.45, 7) is 3.11. The van der Waals surface area contributed by atoms with E-state index in [0.717, 1.165) is 18.5 Å². The number of rotatable bonds is 3. The first-order chi connectivity index (χ1) is 13.6. The fourth-order valence-electron chi connectivity index (χ4n) is 4.42. The van der Waals surface area contributed by atoms with Crippen molar-refractivity contribution in [2.24, 2.45) is 0 Å². The van der Waals surface area contributed by atoms with Crippen LogP contribution >= 0.6 is 0 Å². The van der Waals surface area contributed by atoms with E-state index < -0.39 is 0 Å². The number of nitrogens with zero attached hydrogens (tertiary/aromatic N) is 6. The van der Waals surface area contributed by atoms with Gasteiger partial charge in [0, 0.05) is 25.4 Å². The van der Waals surface area contributed by atoms with E-state index in [9.17, 15) is 9.59 Å². The number of hydrogen-bond acceptors (Lipinski definition) is 6. The fourth-order valence-corrected chi connectivity index (χ4v) is 4.42. The molecule has 28 heavy (non-hydrogen) atoms. The smallest absolute Gasteiger partial charge is 0.274 e. The molecule has 0 saturated carbocycles. The average Bonchev–Trinajstić information content (AvgIpc) is 3.44. The number of carbonyl (C=O) groups is 2. The van der Waals surface area contributed by atoms with Crippen molar-refractivity contribution in [2.75, 3.05) is 13.1 Å². The van der Waals surface area contributed by atoms with Crippen molar-refractivity contribution in [1.82, 2.24) is 29.6 Å². The first-order valence-electron chi connectivity index (χ1n) is 9.43. The largest absolute Gasteiger partial charge is 0.361 e. The van der Waals surface area contributed by atoms with E-state index in [0.29, 0.717) is 30.2 Å². The van der Waals surface area contributed by atoms with Gasteiger partial charge in [-0.2, -0.15) is 5.10 Å². The zero-order chi connectivity index (χ0) is 19.3. The quantitative estimate of drug-likeness (QED) is 0.675. The molecule has 9 nitrogen and oxygen atoms in total. The lowest BCUT2D eigenvalue weighted by molar-refractivity contribution is -0.131. The first-order valence-corrected chi connectivity index (χ1v) is 9.43. The molecule has 0 aliphatic carbocycles. The van der Waals surface area contributed by atoms with Crippen molar-refractivity contribution in [3.8, 4) is 0 Å². The molecule has 2 aliphatic rings. The zero-order valence-corrected chi connectivity index (χ0v) is 15.5. The molecule has 2 fully saturated rings. The maximum atomic E-state index is 13.1. The van der Waals surface area contributed by atoms with Crippen LogP contribution in [0.15, 0.2) is 35.1 Å². The Balaban J connectivity index is 1.32. The lowest BCUT2D eigenvalue weighted by atomic mass is 10.1. The standard InChI is InChI=1S/C19H20N6O3/c1-12-9-13(28-22-12)10-18(26)23-7-4-15-14(23)5-8-24(15)19(27)16-11-20-17-3-2-6-21-25(16)17/h2-3,6,9,11,14-15H,4-5,7-8,10H2,1H3/t14-,15-/m0/s1. The third-order valence-electron chi connectivity index (χ3n) is 5.66. The maximum Gasteiger partial charge on any atom is 0.274 e. The molecule has 0 unspecified atom stereocenters. The summed E-state index contributed by atoms with van der Waals surface area (Å²) < 4.78 is 6.75. The lowest BCUT2D eigenvalue weighted by Crippen LogP contribution is -2.42. The summed E-state index contributed by atoms with van der Waals surface area (Å²) in [5.74, 6) is 0.516. The van der Waals surface area contributed by atoms with Gasteiger partial charge in [0.25, 0.3) is 5.91 Å². The molecule has 5 rings (SSSR count). The van der Waals surface area contributed by atoms with Gasteiger partial charge in [0.05, 0.1) is 30.4 Å². The van der Waals surface area contributed by atoms with Crippen LogP contribution in [0.2, 0.25) is 0 Å². The van der Waals surface area contributed by atoms with Gasteiger partial charge in [0.15, 0.2) is 11.3 Å². The van der Waals surface area contributed by atoms with E-state index in [2.05, 4.69) is 15.2 Å². The summed E-state index contributed by atoms with van der Waals surface area (Å²) in [7, 11) is 0. The predicted molar refractivity (Wildman–Crippen MR) is 97.5 cm³/mol. The van der Waals surface area contributed by atoms with Crippen LogP contribution in [0.1, 0.15) is 34.8 Å². The Morgan fingerprint density at radius 1 is 1.21 bits per heavy atom. The number of fused-ring (bicyclic) bond motifs is 2. The second kappa shape index (κ2) is 6.43. The van der Waals surface area contributed by atoms with Crippen LogP contribution in [-0.4, -0.2) is 66.5 Å². The van der Waals surface area contributed by atoms with Crippen molar-refractivity contribution in [1.29, 1.82) is 0 Å². The van der Waals surface area contributed by atoms with Gasteiger partial charge in [-0.05, 0) is 31.9 Å². The third-order valence-corrected chi connectivity index (χ3v) is 5.66. The third kappa shape index (κ3) is 2.65. The van der Waals surface area contributed by atoms with Gasteiger partial charge in [-0.15, -0.1) is 0 Å². The summed E-state index contributed by atoms with van der Waals surface area (Å²) in [4.78, 5) is 33.9. The van der Waals surface area contributed by atoms with Gasteiger partial charge < -0.3 is 14.3 Å². The highest BCUT2D eigenvalue weighted by molar-refractivity contribution is 5.93. The Labute approximate surface area is 160 Å². The molecule has 0 aromatic carbocycles. The van der Waals surface area contributed by atoms with Gasteiger partial charge in [0.1, 0.15) is 5.76 Å². The summed E-state index contributed by atoms with van der Waals surface area (Å²) in [6, 6.07) is 5.47. The molecule has 0 N–H and O–H groups in total. The monoisotopic (exact) mass is 380 g/mol. The van der Waals surface area contributed by atoms with Gasteiger partial charge >= 0.3 is 0 Å². The Morgan fingerprint density at radius 3 is 2.79 bits per heavy atom. The van der Waals surface area contributed by atoms with E-state index in [1.165, 1.54) is 0 Å². The second-order valence-electron chi connectivity index (χ2n) is 7.35. The summed E-state index contributed by atoms with van der Waals surface area (Å²) in [5.41, 5.74) is 1.87. The van der Waals surface area contributed by atoms with Crippen LogP contribution in [0.4, 0.5) is 0 Å². The van der Waals surface area contributed by atoms with Gasteiger partial charge in [-0.3, -0.25) is 9.59 Å². The van der Waals surface area contributed by atoms with Gasteiger partial charge in [-0.1, -0.05) is 5.16 Å². The summed E-state index contributed by atoms with van der Waals surface area (Å²) in [5, 5.41) is 8.08. The van der Waals surface area contributed by atoms with E-state index in [1.807, 2.05) is 22.8 Å². The lowest BCUT2D eigenvalue weighted by Gasteiger charge is -2.25. The molecule has 5 heterocycles. The number of likely N-dealkylation sites (tertiary alicyclic amines) is 2. The number of imidazole rings is 1. The van der Waals surface area contributed by atoms with Crippen molar-refractivity contribution in [3.63, 3.8) is 0 Å². The highest BCUT2D eigenvalue weighted by Crippen LogP contribution is 2.33. The molecule has 2 atom stereocenters. The Hall–Kier alpha value is -3.23. The molecule has 2 saturated heterocycles. The minimum Gasteiger partial charge on any atom is -0.361 e. The molecular formula is C19H20N6O3. The SMILES string of the molecule is Cc1cc(CC(=O)N2CC[C@H]3[C@@H]2CCN3C(=O)c2cnc3cccnn23)on1. The van der Waals surface area contributed by atoms with Gasteiger partial charge in [0.2, 0.25) is 5.91 Å². The number of amides is 2. The van der Waals surface area contributed by atoms with E-state index in [4.69, 9.17) is 4.52 Å². The number of aryl methyl sites for hydroxylation is 1. The topological polar surface area (TPSA) is 96.8 Å². The van der Waals surface area contributed by atoms with E-state index in [-0.39, 0.29) is 30.3 Å². The first kappa shape index (κ1) is 16.9. The zero-order valence-electron chi connectivity index (χ0n) is 15.5. The number of hydrogen-bond donors (Lipinski definition) is 0. The minimum atomic E-state index is -0.0844. The minimum absolute atomic E-state index is 0.0226. The Morgan fingerprint density at radius 2 is 2.00 bits per heavy atom. The number of aromatic nitrogens is 4. The Bertz CT molecular complexity index is 1060. The predicted octanol–water partition coefficient (Wildman–Crippen LogP) is 1.08. The van der Waals surface area contributed by atoms with Crippen LogP contribution in [0.5, 0.6) is 0 Å². The number of carbonyl (C=O) groups excluding carboxylic acids is 2. The normalized spacial score (nSPS) is 21.5. The van der Waals surface area contributed by atoms with Crippen LogP contribution in [0.3, 0.4) is 0 Å². The van der Waals surface area contributed by atoms with E-state index in [1.54, 1.807) is 29.0 Å². The highest BCUT2D eigenvalue weighted by atomic mass is 16.5. The van der Waals surface area contributed by atoms with Crippen molar-refractivity contribution in [3.05, 3.63) is 47.7 Å². The molecule has 0 bridgehead atoms. The van der Waals surface area contributed by atoms with Gasteiger partial charge in [-0.25, -0.2) is 9.50 Å². The van der Waals surface area contributed by atoms with Crippen molar-refractivity contribution >= 4 is 17.5 Å². The van der Waals surface area contributed by atoms with Crippen LogP contribution in [0, 0.1) is 6.92 Å². The second-order valence-corrected chi connectivity index (χ2v) is 7.35. The average molecular weight is 380 g/mol. The van der Waals surface area contributed by atoms with Crippen LogP contribution in [0.25, 0.3) is 5.65 Å². The molecular weight excluding hydrogens is 360 g/mol. The highest BCUT2D eigenvalue weighted by Gasteiger charge is 2.46. The summed E-state index contributed by atoms with van der Waals surface area (Å²) >= 11 is 0. The molecule has 3 aromatic rings. The van der Waals surface area contributed by atoms with Crippen molar-refractivity contribution < 1.29 is 14.1 Å². The van der Waals surface area contributed by atoms with Crippen molar-refractivity contribution in [2.45, 2.75) is 38.3 Å². The van der Waals surface area contributed by atoms with Crippen LogP contribution < -0.4 is 0 Å². The molecule has 144 valence electrons. The fraction of sp³-hybridized carbons (Fsp3) is 0.421. The van der Waals surface area contributed by atoms with E-state index >= 15 is 0 Å². The summed E-state index contributed by atoms with van der Waals surface area (Å²) in [6.07, 6.45) is 4.97. The Kier molecular flexibility index (Phi) is 3.88.